The molecular formula is C15H24N6O. The summed E-state index contributed by atoms with van der Waals surface area (Å²) in [5.74, 6) is 1.40. The maximum Gasteiger partial charge on any atom is 0.372 e. The highest BCUT2D eigenvalue weighted by molar-refractivity contribution is 5.77. The molecule has 2 heterocycles. The summed E-state index contributed by atoms with van der Waals surface area (Å²) in [6, 6.07) is -0.342. The van der Waals surface area contributed by atoms with Gasteiger partial charge in [0.15, 0.2) is 5.82 Å². The minimum absolute atomic E-state index is 0.0219. The maximum atomic E-state index is 12.5. The van der Waals surface area contributed by atoms with Gasteiger partial charge in [0.1, 0.15) is 18.5 Å². The van der Waals surface area contributed by atoms with Crippen molar-refractivity contribution < 1.29 is 4.79 Å². The van der Waals surface area contributed by atoms with E-state index < -0.39 is 0 Å². The number of carbonyl (C=O) groups excluding carboxylic acids is 1. The van der Waals surface area contributed by atoms with Crippen molar-refractivity contribution in [3.05, 3.63) is 24.3 Å². The second kappa shape index (κ2) is 6.81. The second-order valence-electron chi connectivity index (χ2n) is 6.67. The molecule has 7 heteroatoms. The minimum Gasteiger partial charge on any atom is -0.243 e. The molecule has 0 bridgehead atoms. The van der Waals surface area contributed by atoms with Gasteiger partial charge in [-0.3, -0.25) is 0 Å². The Labute approximate surface area is 130 Å². The monoisotopic (exact) mass is 304 g/mol. The third-order valence-electron chi connectivity index (χ3n) is 3.21. The van der Waals surface area contributed by atoms with Gasteiger partial charge in [-0.2, -0.15) is 14.5 Å². The Kier molecular flexibility index (Phi) is 5.05. The van der Waals surface area contributed by atoms with Crippen molar-refractivity contribution in [2.24, 2.45) is 5.41 Å². The van der Waals surface area contributed by atoms with Gasteiger partial charge >= 0.3 is 6.03 Å². The van der Waals surface area contributed by atoms with Crippen LogP contribution < -0.4 is 0 Å². The molecule has 0 amide bonds. The van der Waals surface area contributed by atoms with Crippen LogP contribution in [0.5, 0.6) is 0 Å². The third-order valence-corrected chi connectivity index (χ3v) is 3.21. The average molecular weight is 304 g/mol. The van der Waals surface area contributed by atoms with E-state index in [2.05, 4.69) is 47.9 Å². The summed E-state index contributed by atoms with van der Waals surface area (Å²) in [4.78, 5) is 20.9. The van der Waals surface area contributed by atoms with Crippen LogP contribution in [0.1, 0.15) is 58.6 Å². The third kappa shape index (κ3) is 4.22. The Morgan fingerprint density at radius 2 is 2.05 bits per heavy atom. The van der Waals surface area contributed by atoms with Crippen molar-refractivity contribution in [1.29, 1.82) is 0 Å². The second-order valence-corrected chi connectivity index (χ2v) is 6.67. The van der Waals surface area contributed by atoms with Crippen LogP contribution >= 0.6 is 0 Å². The SMILES string of the molecule is CCCCCc1nc(CC(C)(C)C)n(C(=O)n2cncn2)n1. The smallest absolute Gasteiger partial charge is 0.243 e. The zero-order valence-corrected chi connectivity index (χ0v) is 13.8. The molecule has 0 aromatic carbocycles. The van der Waals surface area contributed by atoms with Crippen LogP contribution in [0.2, 0.25) is 0 Å². The Bertz CT molecular complexity index is 609. The molecule has 0 fully saturated rings. The van der Waals surface area contributed by atoms with Crippen molar-refractivity contribution in [3.8, 4) is 0 Å². The predicted octanol–water partition coefficient (Wildman–Crippen LogP) is 2.71. The molecule has 22 heavy (non-hydrogen) atoms. The lowest BCUT2D eigenvalue weighted by molar-refractivity contribution is 0.236. The van der Waals surface area contributed by atoms with E-state index in [4.69, 9.17) is 0 Å². The van der Waals surface area contributed by atoms with Crippen LogP contribution in [0.3, 0.4) is 0 Å². The maximum absolute atomic E-state index is 12.5. The topological polar surface area (TPSA) is 78.5 Å². The molecule has 0 spiro atoms. The first-order valence-electron chi connectivity index (χ1n) is 7.75. The molecule has 0 radical (unpaired) electrons. The van der Waals surface area contributed by atoms with Crippen molar-refractivity contribution in [1.82, 2.24) is 29.5 Å². The zero-order chi connectivity index (χ0) is 16.2. The highest BCUT2D eigenvalue weighted by Gasteiger charge is 2.22. The number of aromatic nitrogens is 6. The van der Waals surface area contributed by atoms with Gasteiger partial charge in [-0.25, -0.2) is 14.8 Å². The lowest BCUT2D eigenvalue weighted by Crippen LogP contribution is -2.25. The van der Waals surface area contributed by atoms with E-state index >= 15 is 0 Å². The van der Waals surface area contributed by atoms with Crippen molar-refractivity contribution >= 4 is 6.03 Å². The molecule has 2 aromatic rings. The number of carbonyl (C=O) groups is 1. The quantitative estimate of drug-likeness (QED) is 0.794. The van der Waals surface area contributed by atoms with Crippen LogP contribution in [0.15, 0.2) is 12.7 Å². The fourth-order valence-corrected chi connectivity index (χ4v) is 2.18. The molecule has 0 unspecified atom stereocenters. The van der Waals surface area contributed by atoms with Gasteiger partial charge in [0.05, 0.1) is 0 Å². The number of aryl methyl sites for hydroxylation is 1. The first kappa shape index (κ1) is 16.3. The van der Waals surface area contributed by atoms with Crippen LogP contribution in [0.25, 0.3) is 0 Å². The highest BCUT2D eigenvalue weighted by atomic mass is 16.2. The summed E-state index contributed by atoms with van der Waals surface area (Å²) < 4.78 is 2.54. The normalized spacial score (nSPS) is 11.8. The summed E-state index contributed by atoms with van der Waals surface area (Å²) in [7, 11) is 0. The molecule has 120 valence electrons. The summed E-state index contributed by atoms with van der Waals surface area (Å²) >= 11 is 0. The van der Waals surface area contributed by atoms with Crippen molar-refractivity contribution in [2.75, 3.05) is 0 Å². The molecule has 0 saturated carbocycles. The Morgan fingerprint density at radius 1 is 1.27 bits per heavy atom. The standard InChI is InChI=1S/C15H24N6O/c1-5-6-7-8-12-18-13(9-15(2,3)4)21(19-12)14(22)20-11-16-10-17-20/h10-11H,5-9H2,1-4H3. The summed E-state index contributed by atoms with van der Waals surface area (Å²) in [5.41, 5.74) is 0.0219. The molecule has 2 aromatic heterocycles. The number of hydrogen-bond acceptors (Lipinski definition) is 5. The highest BCUT2D eigenvalue weighted by Crippen LogP contribution is 2.20. The molecule has 0 N–H and O–H groups in total. The van der Waals surface area contributed by atoms with Gasteiger partial charge in [0, 0.05) is 12.8 Å². The van der Waals surface area contributed by atoms with Gasteiger partial charge in [-0.15, -0.1) is 5.10 Å². The van der Waals surface area contributed by atoms with Gasteiger partial charge in [-0.05, 0) is 11.8 Å². The van der Waals surface area contributed by atoms with E-state index in [1.807, 2.05) is 0 Å². The molecule has 0 aliphatic heterocycles. The lowest BCUT2D eigenvalue weighted by atomic mass is 9.92. The first-order valence-corrected chi connectivity index (χ1v) is 7.75. The molecule has 2 rings (SSSR count). The fraction of sp³-hybridized carbons (Fsp3) is 0.667. The first-order chi connectivity index (χ1) is 10.4. The predicted molar refractivity (Wildman–Crippen MR) is 82.6 cm³/mol. The van der Waals surface area contributed by atoms with Gasteiger partial charge < -0.3 is 0 Å². The molecule has 0 aliphatic carbocycles. The van der Waals surface area contributed by atoms with E-state index in [0.29, 0.717) is 12.2 Å². The number of nitrogens with zero attached hydrogens (tertiary/aromatic N) is 6. The molecule has 0 aliphatic rings. The number of unbranched alkanes of at least 4 members (excludes halogenated alkanes) is 2. The number of hydrogen-bond donors (Lipinski definition) is 0. The zero-order valence-electron chi connectivity index (χ0n) is 13.8. The van der Waals surface area contributed by atoms with Gasteiger partial charge in [0.25, 0.3) is 0 Å². The Hall–Kier alpha value is -2.05. The Morgan fingerprint density at radius 3 is 2.64 bits per heavy atom. The van der Waals surface area contributed by atoms with E-state index in [-0.39, 0.29) is 11.4 Å². The minimum atomic E-state index is -0.342. The van der Waals surface area contributed by atoms with E-state index in [9.17, 15) is 4.79 Å². The van der Waals surface area contributed by atoms with Crippen LogP contribution in [0, 0.1) is 5.41 Å². The fourth-order valence-electron chi connectivity index (χ4n) is 2.18. The van der Waals surface area contributed by atoms with Crippen LogP contribution in [-0.4, -0.2) is 35.6 Å². The molecule has 0 saturated heterocycles. The average Bonchev–Trinajstić information content (AvgIpc) is 3.06. The van der Waals surface area contributed by atoms with E-state index in [1.54, 1.807) is 0 Å². The number of rotatable bonds is 5. The molecule has 0 atom stereocenters. The summed E-state index contributed by atoms with van der Waals surface area (Å²) in [6.45, 7) is 8.50. The van der Waals surface area contributed by atoms with Crippen LogP contribution in [0.4, 0.5) is 4.79 Å². The van der Waals surface area contributed by atoms with Crippen molar-refractivity contribution in [2.45, 2.75) is 59.8 Å². The van der Waals surface area contributed by atoms with Crippen molar-refractivity contribution in [3.63, 3.8) is 0 Å². The largest absolute Gasteiger partial charge is 0.372 e. The van der Waals surface area contributed by atoms with E-state index in [0.717, 1.165) is 31.5 Å². The van der Waals surface area contributed by atoms with Gasteiger partial charge in [0.2, 0.25) is 0 Å². The molecule has 7 nitrogen and oxygen atoms in total. The van der Waals surface area contributed by atoms with Crippen LogP contribution in [-0.2, 0) is 12.8 Å². The Balaban J connectivity index is 2.26. The molecular weight excluding hydrogens is 280 g/mol. The van der Waals surface area contributed by atoms with E-state index in [1.165, 1.54) is 22.0 Å². The van der Waals surface area contributed by atoms with Gasteiger partial charge in [-0.1, -0.05) is 40.5 Å². The lowest BCUT2D eigenvalue weighted by Gasteiger charge is -2.16. The summed E-state index contributed by atoms with van der Waals surface area (Å²) in [5, 5.41) is 8.27. The summed E-state index contributed by atoms with van der Waals surface area (Å²) in [6.07, 6.45) is 7.50.